The van der Waals surface area contributed by atoms with Crippen LogP contribution in [0.2, 0.25) is 5.02 Å². The zero-order valence-corrected chi connectivity index (χ0v) is 11.1. The summed E-state index contributed by atoms with van der Waals surface area (Å²) in [4.78, 5) is 0. The van der Waals surface area contributed by atoms with Gasteiger partial charge in [-0.05, 0) is 17.7 Å². The van der Waals surface area contributed by atoms with Crippen molar-refractivity contribution >= 4 is 11.6 Å². The van der Waals surface area contributed by atoms with Crippen molar-refractivity contribution in [1.29, 1.82) is 0 Å². The lowest BCUT2D eigenvalue weighted by atomic mass is 10.1. The van der Waals surface area contributed by atoms with Crippen LogP contribution in [0.5, 0.6) is 0 Å². The Balaban J connectivity index is 1.96. The second kappa shape index (κ2) is 5.85. The fraction of sp³-hybridized carbons (Fsp3) is 0.308. The number of aliphatic hydroxyl groups excluding tert-OH is 1. The molecule has 0 bridgehead atoms. The van der Waals surface area contributed by atoms with Crippen LogP contribution in [0.1, 0.15) is 11.1 Å². The summed E-state index contributed by atoms with van der Waals surface area (Å²) in [6.45, 7) is 0.230. The van der Waals surface area contributed by atoms with Gasteiger partial charge in [0.2, 0.25) is 0 Å². The van der Waals surface area contributed by atoms with E-state index in [4.69, 9.17) is 11.6 Å². The maximum atomic E-state index is 12.4. The molecule has 3 nitrogen and oxygen atoms in total. The molecule has 1 aromatic heterocycles. The van der Waals surface area contributed by atoms with Gasteiger partial charge in [-0.2, -0.15) is 18.3 Å². The second-order valence-electron chi connectivity index (χ2n) is 4.43. The van der Waals surface area contributed by atoms with Gasteiger partial charge >= 0.3 is 6.18 Å². The van der Waals surface area contributed by atoms with Crippen LogP contribution in [0.4, 0.5) is 13.2 Å². The topological polar surface area (TPSA) is 38.0 Å². The summed E-state index contributed by atoms with van der Waals surface area (Å²) in [5.41, 5.74) is -0.0710. The van der Waals surface area contributed by atoms with E-state index < -0.39 is 17.8 Å². The van der Waals surface area contributed by atoms with Crippen LogP contribution in [0.15, 0.2) is 36.7 Å². The van der Waals surface area contributed by atoms with Crippen LogP contribution in [0, 0.1) is 0 Å². The molecular formula is C13H12ClF3N2O. The molecule has 0 spiro atoms. The predicted octanol–water partition coefficient (Wildman–Crippen LogP) is 3.16. The molecule has 20 heavy (non-hydrogen) atoms. The largest absolute Gasteiger partial charge is 0.416 e. The van der Waals surface area contributed by atoms with Gasteiger partial charge in [0, 0.05) is 12.6 Å². The number of aromatic nitrogens is 2. The van der Waals surface area contributed by atoms with Gasteiger partial charge in [-0.25, -0.2) is 0 Å². The zero-order chi connectivity index (χ0) is 14.8. The molecule has 7 heteroatoms. The minimum atomic E-state index is -4.34. The van der Waals surface area contributed by atoms with Crippen molar-refractivity contribution in [3.63, 3.8) is 0 Å². The van der Waals surface area contributed by atoms with Crippen LogP contribution in [-0.4, -0.2) is 21.0 Å². The molecule has 0 aliphatic carbocycles. The number of hydrogen-bond donors (Lipinski definition) is 1. The summed E-state index contributed by atoms with van der Waals surface area (Å²) < 4.78 is 38.7. The number of halogens is 4. The van der Waals surface area contributed by atoms with E-state index in [0.717, 1.165) is 12.1 Å². The fourth-order valence-corrected chi connectivity index (χ4v) is 1.98. The van der Waals surface area contributed by atoms with Crippen molar-refractivity contribution in [3.05, 3.63) is 52.8 Å². The number of benzene rings is 1. The molecular weight excluding hydrogens is 293 g/mol. The van der Waals surface area contributed by atoms with Crippen LogP contribution < -0.4 is 0 Å². The molecule has 0 radical (unpaired) electrons. The summed E-state index contributed by atoms with van der Waals surface area (Å²) in [5.74, 6) is 0. The summed E-state index contributed by atoms with van der Waals surface area (Å²) >= 11 is 5.69. The molecule has 0 amide bonds. The van der Waals surface area contributed by atoms with Crippen LogP contribution in [0.25, 0.3) is 0 Å². The van der Waals surface area contributed by atoms with Gasteiger partial charge in [-0.15, -0.1) is 0 Å². The molecule has 0 saturated carbocycles. The Morgan fingerprint density at radius 3 is 2.40 bits per heavy atom. The SMILES string of the molecule is OC(Cc1ccc(C(F)(F)F)cc1)Cn1cc(Cl)cn1. The van der Waals surface area contributed by atoms with E-state index in [1.54, 1.807) is 6.20 Å². The van der Waals surface area contributed by atoms with Crippen molar-refractivity contribution in [2.75, 3.05) is 0 Å². The number of alkyl halides is 3. The molecule has 0 fully saturated rings. The third-order valence-corrected chi connectivity index (χ3v) is 2.95. The third kappa shape index (κ3) is 3.98. The average molecular weight is 305 g/mol. The third-order valence-electron chi connectivity index (χ3n) is 2.75. The molecule has 108 valence electrons. The molecule has 2 aromatic rings. The van der Waals surface area contributed by atoms with Crippen molar-refractivity contribution in [3.8, 4) is 0 Å². The lowest BCUT2D eigenvalue weighted by molar-refractivity contribution is -0.137. The summed E-state index contributed by atoms with van der Waals surface area (Å²) in [5, 5.41) is 14.3. The molecule has 1 aromatic carbocycles. The highest BCUT2D eigenvalue weighted by Crippen LogP contribution is 2.29. The first-order valence-corrected chi connectivity index (χ1v) is 6.24. The Kier molecular flexibility index (Phi) is 4.35. The Morgan fingerprint density at radius 1 is 1.25 bits per heavy atom. The second-order valence-corrected chi connectivity index (χ2v) is 4.87. The molecule has 1 heterocycles. The first-order chi connectivity index (χ1) is 9.34. The summed E-state index contributed by atoms with van der Waals surface area (Å²) in [6, 6.07) is 4.74. The van der Waals surface area contributed by atoms with Crippen LogP contribution >= 0.6 is 11.6 Å². The van der Waals surface area contributed by atoms with E-state index in [1.165, 1.54) is 23.0 Å². The Hall–Kier alpha value is -1.53. The molecule has 1 unspecified atom stereocenters. The van der Waals surface area contributed by atoms with Gasteiger partial charge in [0.1, 0.15) is 0 Å². The smallest absolute Gasteiger partial charge is 0.391 e. The molecule has 0 aliphatic rings. The monoisotopic (exact) mass is 304 g/mol. The number of hydrogen-bond acceptors (Lipinski definition) is 2. The molecule has 1 N–H and O–H groups in total. The van der Waals surface area contributed by atoms with E-state index >= 15 is 0 Å². The van der Waals surface area contributed by atoms with Gasteiger partial charge in [0.15, 0.2) is 0 Å². The quantitative estimate of drug-likeness (QED) is 0.942. The number of rotatable bonds is 4. The van der Waals surface area contributed by atoms with E-state index in [0.29, 0.717) is 10.6 Å². The first-order valence-electron chi connectivity index (χ1n) is 5.87. The van der Waals surface area contributed by atoms with Gasteiger partial charge in [0.05, 0.1) is 29.4 Å². The van der Waals surface area contributed by atoms with Gasteiger partial charge < -0.3 is 5.11 Å². The normalized spacial score (nSPS) is 13.4. The van der Waals surface area contributed by atoms with Crippen molar-refractivity contribution in [1.82, 2.24) is 9.78 Å². The maximum Gasteiger partial charge on any atom is 0.416 e. The average Bonchev–Trinajstić information content (AvgIpc) is 2.74. The highest BCUT2D eigenvalue weighted by molar-refractivity contribution is 6.30. The zero-order valence-electron chi connectivity index (χ0n) is 10.3. The highest BCUT2D eigenvalue weighted by Gasteiger charge is 2.29. The number of nitrogens with zero attached hydrogens (tertiary/aromatic N) is 2. The molecule has 2 rings (SSSR count). The van der Waals surface area contributed by atoms with Crippen molar-refractivity contribution in [2.24, 2.45) is 0 Å². The number of aliphatic hydroxyl groups is 1. The highest BCUT2D eigenvalue weighted by atomic mass is 35.5. The van der Waals surface area contributed by atoms with Gasteiger partial charge in [-0.3, -0.25) is 4.68 Å². The van der Waals surface area contributed by atoms with E-state index in [2.05, 4.69) is 5.10 Å². The minimum Gasteiger partial charge on any atom is -0.391 e. The standard InChI is InChI=1S/C13H12ClF3N2O/c14-11-6-18-19(7-11)8-12(20)5-9-1-3-10(4-2-9)13(15,16)17/h1-4,6-7,12,20H,5,8H2. The van der Waals surface area contributed by atoms with E-state index in [1.807, 2.05) is 0 Å². The van der Waals surface area contributed by atoms with Crippen LogP contribution in [-0.2, 0) is 19.1 Å². The van der Waals surface area contributed by atoms with Crippen molar-refractivity contribution in [2.45, 2.75) is 25.2 Å². The minimum absolute atomic E-state index is 0.230. The van der Waals surface area contributed by atoms with Crippen LogP contribution in [0.3, 0.4) is 0 Å². The summed E-state index contributed by atoms with van der Waals surface area (Å²) in [6.07, 6.45) is -1.83. The lowest BCUT2D eigenvalue weighted by Gasteiger charge is -2.12. The molecule has 0 aliphatic heterocycles. The van der Waals surface area contributed by atoms with Gasteiger partial charge in [0.25, 0.3) is 0 Å². The van der Waals surface area contributed by atoms with Crippen molar-refractivity contribution < 1.29 is 18.3 Å². The Morgan fingerprint density at radius 2 is 1.90 bits per heavy atom. The fourth-order valence-electron chi connectivity index (χ4n) is 1.82. The lowest BCUT2D eigenvalue weighted by Crippen LogP contribution is -2.19. The van der Waals surface area contributed by atoms with Gasteiger partial charge in [-0.1, -0.05) is 23.7 Å². The Bertz CT molecular complexity index is 566. The first kappa shape index (κ1) is 14.9. The molecule has 1 atom stereocenters. The Labute approximate surface area is 118 Å². The molecule has 0 saturated heterocycles. The summed E-state index contributed by atoms with van der Waals surface area (Å²) in [7, 11) is 0. The maximum absolute atomic E-state index is 12.4. The predicted molar refractivity (Wildman–Crippen MR) is 68.4 cm³/mol. The van der Waals surface area contributed by atoms with E-state index in [-0.39, 0.29) is 13.0 Å². The van der Waals surface area contributed by atoms with E-state index in [9.17, 15) is 18.3 Å².